The predicted octanol–water partition coefficient (Wildman–Crippen LogP) is 2.32. The number of thiophene rings is 1. The minimum absolute atomic E-state index is 0.508. The van der Waals surface area contributed by atoms with E-state index in [-0.39, 0.29) is 0 Å². The van der Waals surface area contributed by atoms with Crippen molar-refractivity contribution in [3.05, 3.63) is 34.2 Å². The molecule has 1 aliphatic rings. The zero-order valence-electron chi connectivity index (χ0n) is 12.0. The van der Waals surface area contributed by atoms with Crippen molar-refractivity contribution in [2.45, 2.75) is 26.4 Å². The maximum atomic E-state index is 5.44. The van der Waals surface area contributed by atoms with Crippen LogP contribution in [0.1, 0.15) is 30.3 Å². The molecule has 0 spiro atoms. The number of nitrogens with zero attached hydrogens (tertiary/aromatic N) is 4. The van der Waals surface area contributed by atoms with Crippen molar-refractivity contribution in [2.75, 3.05) is 26.2 Å². The van der Waals surface area contributed by atoms with Gasteiger partial charge in [-0.25, -0.2) is 0 Å². The molecule has 1 fully saturated rings. The summed E-state index contributed by atoms with van der Waals surface area (Å²) < 4.78 is 5.44. The van der Waals surface area contributed by atoms with Gasteiger partial charge in [-0.1, -0.05) is 0 Å². The highest BCUT2D eigenvalue weighted by molar-refractivity contribution is 7.07. The first-order valence-electron chi connectivity index (χ1n) is 7.00. The lowest BCUT2D eigenvalue weighted by Gasteiger charge is -2.37. The van der Waals surface area contributed by atoms with E-state index in [1.165, 1.54) is 5.56 Å². The van der Waals surface area contributed by atoms with E-state index in [1.54, 1.807) is 11.3 Å². The normalized spacial score (nSPS) is 19.3. The maximum Gasteiger partial charge on any atom is 0.230 e. The summed E-state index contributed by atoms with van der Waals surface area (Å²) in [5, 5.41) is 12.3. The minimum Gasteiger partial charge on any atom is -0.424 e. The van der Waals surface area contributed by atoms with Crippen LogP contribution in [0, 0.1) is 6.92 Å². The van der Waals surface area contributed by atoms with E-state index in [0.717, 1.165) is 38.6 Å². The van der Waals surface area contributed by atoms with Crippen LogP contribution in [0.2, 0.25) is 0 Å². The first-order valence-corrected chi connectivity index (χ1v) is 7.94. The lowest BCUT2D eigenvalue weighted by atomic mass is 10.1. The number of aryl methyl sites for hydroxylation is 1. The molecule has 2 aromatic heterocycles. The van der Waals surface area contributed by atoms with E-state index in [2.05, 4.69) is 43.7 Å². The molecule has 0 aromatic carbocycles. The molecule has 0 saturated carbocycles. The van der Waals surface area contributed by atoms with Gasteiger partial charge in [-0.2, -0.15) is 11.3 Å². The van der Waals surface area contributed by atoms with Crippen LogP contribution < -0.4 is 0 Å². The summed E-state index contributed by atoms with van der Waals surface area (Å²) in [6.07, 6.45) is 0. The van der Waals surface area contributed by atoms with Crippen LogP contribution in [0.25, 0.3) is 0 Å². The smallest absolute Gasteiger partial charge is 0.230 e. The summed E-state index contributed by atoms with van der Waals surface area (Å²) in [6.45, 7) is 9.16. The largest absolute Gasteiger partial charge is 0.424 e. The summed E-state index contributed by atoms with van der Waals surface area (Å²) in [4.78, 5) is 4.92. The van der Waals surface area contributed by atoms with Gasteiger partial charge >= 0.3 is 0 Å². The molecule has 0 bridgehead atoms. The number of hydrogen-bond donors (Lipinski definition) is 0. The second-order valence-corrected chi connectivity index (χ2v) is 6.04. The lowest BCUT2D eigenvalue weighted by molar-refractivity contribution is 0.0920. The fourth-order valence-electron chi connectivity index (χ4n) is 2.62. The van der Waals surface area contributed by atoms with Crippen LogP contribution in [0.15, 0.2) is 21.2 Å². The van der Waals surface area contributed by atoms with Crippen LogP contribution in [0.3, 0.4) is 0 Å². The van der Waals surface area contributed by atoms with Crippen molar-refractivity contribution in [2.24, 2.45) is 0 Å². The standard InChI is InChI=1S/C14H20N4OS/c1-11(13-3-8-20-10-13)18-6-4-17(5-7-18)9-14-16-15-12(2)19-14/h3,8,10-11H,4-7,9H2,1-2H3. The quantitative estimate of drug-likeness (QED) is 0.865. The second kappa shape index (κ2) is 6.03. The number of rotatable bonds is 4. The summed E-state index contributed by atoms with van der Waals surface area (Å²) in [7, 11) is 0. The zero-order valence-corrected chi connectivity index (χ0v) is 12.8. The summed E-state index contributed by atoms with van der Waals surface area (Å²) in [5.41, 5.74) is 1.43. The van der Waals surface area contributed by atoms with Gasteiger partial charge in [0.05, 0.1) is 6.54 Å². The van der Waals surface area contributed by atoms with Gasteiger partial charge in [-0.15, -0.1) is 10.2 Å². The molecule has 20 heavy (non-hydrogen) atoms. The molecule has 3 rings (SSSR count). The Morgan fingerprint density at radius 2 is 2.10 bits per heavy atom. The molecule has 2 aromatic rings. The van der Waals surface area contributed by atoms with Crippen molar-refractivity contribution < 1.29 is 4.42 Å². The molecule has 1 atom stereocenters. The first-order chi connectivity index (χ1) is 9.72. The van der Waals surface area contributed by atoms with Crippen molar-refractivity contribution in [1.29, 1.82) is 0 Å². The Morgan fingerprint density at radius 1 is 1.30 bits per heavy atom. The molecular formula is C14H20N4OS. The fraction of sp³-hybridized carbons (Fsp3) is 0.571. The van der Waals surface area contributed by atoms with E-state index >= 15 is 0 Å². The van der Waals surface area contributed by atoms with Gasteiger partial charge in [0.2, 0.25) is 11.8 Å². The molecule has 0 N–H and O–H groups in total. The zero-order chi connectivity index (χ0) is 13.9. The van der Waals surface area contributed by atoms with Crippen molar-refractivity contribution in [1.82, 2.24) is 20.0 Å². The van der Waals surface area contributed by atoms with Crippen molar-refractivity contribution in [3.8, 4) is 0 Å². The third-order valence-corrected chi connectivity index (χ3v) is 4.61. The molecule has 3 heterocycles. The number of aromatic nitrogens is 2. The third-order valence-electron chi connectivity index (χ3n) is 3.91. The van der Waals surface area contributed by atoms with Crippen molar-refractivity contribution >= 4 is 11.3 Å². The van der Waals surface area contributed by atoms with E-state index in [9.17, 15) is 0 Å². The Balaban J connectivity index is 1.52. The highest BCUT2D eigenvalue weighted by Gasteiger charge is 2.23. The molecule has 1 saturated heterocycles. The molecule has 0 aliphatic carbocycles. The lowest BCUT2D eigenvalue weighted by Crippen LogP contribution is -2.46. The van der Waals surface area contributed by atoms with Gasteiger partial charge in [-0.05, 0) is 29.3 Å². The highest BCUT2D eigenvalue weighted by atomic mass is 32.1. The number of piperazine rings is 1. The average Bonchev–Trinajstić information content (AvgIpc) is 3.11. The molecule has 1 aliphatic heterocycles. The van der Waals surface area contributed by atoms with E-state index < -0.39 is 0 Å². The topological polar surface area (TPSA) is 45.4 Å². The highest BCUT2D eigenvalue weighted by Crippen LogP contribution is 2.23. The third kappa shape index (κ3) is 3.08. The molecule has 108 valence electrons. The minimum atomic E-state index is 0.508. The van der Waals surface area contributed by atoms with Crippen LogP contribution in [0.4, 0.5) is 0 Å². The molecule has 0 radical (unpaired) electrons. The second-order valence-electron chi connectivity index (χ2n) is 5.26. The van der Waals surface area contributed by atoms with Gasteiger partial charge in [0.1, 0.15) is 0 Å². The molecule has 1 unspecified atom stereocenters. The van der Waals surface area contributed by atoms with Gasteiger partial charge in [0.25, 0.3) is 0 Å². The van der Waals surface area contributed by atoms with E-state index in [4.69, 9.17) is 4.42 Å². The Labute approximate surface area is 123 Å². The average molecular weight is 292 g/mol. The van der Waals surface area contributed by atoms with Gasteiger partial charge in [0, 0.05) is 39.1 Å². The predicted molar refractivity (Wildman–Crippen MR) is 78.6 cm³/mol. The van der Waals surface area contributed by atoms with Crippen LogP contribution >= 0.6 is 11.3 Å². The fourth-order valence-corrected chi connectivity index (χ4v) is 3.37. The SMILES string of the molecule is Cc1nnc(CN2CCN(C(C)c3ccsc3)CC2)o1. The molecular weight excluding hydrogens is 272 g/mol. The Bertz CT molecular complexity index is 531. The first kappa shape index (κ1) is 13.7. The summed E-state index contributed by atoms with van der Waals surface area (Å²) in [5.74, 6) is 1.37. The van der Waals surface area contributed by atoms with E-state index in [1.807, 2.05) is 6.92 Å². The van der Waals surface area contributed by atoms with Gasteiger partial charge in [0.15, 0.2) is 0 Å². The summed E-state index contributed by atoms with van der Waals surface area (Å²) in [6, 6.07) is 2.73. The van der Waals surface area contributed by atoms with Crippen LogP contribution in [0.5, 0.6) is 0 Å². The summed E-state index contributed by atoms with van der Waals surface area (Å²) >= 11 is 1.77. The van der Waals surface area contributed by atoms with Gasteiger partial charge in [-0.3, -0.25) is 9.80 Å². The molecule has 5 nitrogen and oxygen atoms in total. The van der Waals surface area contributed by atoms with Crippen molar-refractivity contribution in [3.63, 3.8) is 0 Å². The molecule has 6 heteroatoms. The maximum absolute atomic E-state index is 5.44. The monoisotopic (exact) mass is 292 g/mol. The Hall–Kier alpha value is -1.24. The van der Waals surface area contributed by atoms with Crippen LogP contribution in [-0.2, 0) is 6.54 Å². The van der Waals surface area contributed by atoms with E-state index in [0.29, 0.717) is 11.9 Å². The number of hydrogen-bond acceptors (Lipinski definition) is 6. The Kier molecular flexibility index (Phi) is 4.14. The Morgan fingerprint density at radius 3 is 2.70 bits per heavy atom. The van der Waals surface area contributed by atoms with Gasteiger partial charge < -0.3 is 4.42 Å². The molecule has 0 amide bonds. The van der Waals surface area contributed by atoms with Crippen LogP contribution in [-0.4, -0.2) is 46.2 Å².